The average molecular weight is 279 g/mol. The molecule has 0 spiro atoms. The number of nitrogen functional groups attached to an aromatic ring is 1. The minimum absolute atomic E-state index is 0.0188. The lowest BCUT2D eigenvalue weighted by molar-refractivity contribution is 0.187. The molecule has 1 heterocycles. The number of aryl methyl sites for hydroxylation is 1. The summed E-state index contributed by atoms with van der Waals surface area (Å²) in [5.41, 5.74) is 8.31. The summed E-state index contributed by atoms with van der Waals surface area (Å²) in [5.74, 6) is 0.637. The van der Waals surface area contributed by atoms with Gasteiger partial charge in [-0.15, -0.1) is 5.10 Å². The van der Waals surface area contributed by atoms with Crippen LogP contribution in [0.4, 0.5) is 5.82 Å². The summed E-state index contributed by atoms with van der Waals surface area (Å²) in [6.07, 6.45) is 1.80. The Morgan fingerprint density at radius 2 is 2.00 bits per heavy atom. The molecule has 0 saturated carbocycles. The highest BCUT2D eigenvalue weighted by molar-refractivity contribution is 6.01. The number of nitrogens with one attached hydrogen (secondary N) is 1. The Balaban J connectivity index is 3.22. The number of aliphatic hydroxyl groups is 1. The van der Waals surface area contributed by atoms with Crippen LogP contribution in [0.15, 0.2) is 0 Å². The molecule has 0 aliphatic heterocycles. The Labute approximate surface area is 120 Å². The maximum absolute atomic E-state index is 9.38. The number of nitrogens with zero attached hydrogens (tertiary/aromatic N) is 3. The van der Waals surface area contributed by atoms with Crippen LogP contribution in [-0.4, -0.2) is 40.8 Å². The van der Waals surface area contributed by atoms with E-state index < -0.39 is 0 Å². The van der Waals surface area contributed by atoms with Crippen molar-refractivity contribution in [3.63, 3.8) is 0 Å². The normalized spacial score (nSPS) is 12.2. The zero-order valence-corrected chi connectivity index (χ0v) is 12.8. The quantitative estimate of drug-likeness (QED) is 0.512. The summed E-state index contributed by atoms with van der Waals surface area (Å²) in [7, 11) is 1.88. The lowest BCUT2D eigenvalue weighted by atomic mass is 10.0. The van der Waals surface area contributed by atoms with E-state index in [1.807, 2.05) is 25.8 Å². The zero-order valence-electron chi connectivity index (χ0n) is 12.8. The van der Waals surface area contributed by atoms with Crippen molar-refractivity contribution < 1.29 is 5.11 Å². The van der Waals surface area contributed by atoms with Crippen LogP contribution in [0.5, 0.6) is 0 Å². The van der Waals surface area contributed by atoms with Gasteiger partial charge in [-0.2, -0.15) is 5.10 Å². The van der Waals surface area contributed by atoms with Gasteiger partial charge in [-0.3, -0.25) is 5.41 Å². The first-order valence-electron chi connectivity index (χ1n) is 7.04. The second-order valence-corrected chi connectivity index (χ2v) is 5.00. The first-order valence-corrected chi connectivity index (χ1v) is 7.04. The van der Waals surface area contributed by atoms with Gasteiger partial charge >= 0.3 is 0 Å². The second kappa shape index (κ2) is 7.19. The molecule has 0 saturated heterocycles. The fourth-order valence-corrected chi connectivity index (χ4v) is 2.20. The molecule has 1 unspecified atom stereocenters. The number of hydrogen-bond acceptors (Lipinski definition) is 5. The molecule has 0 bridgehead atoms. The summed E-state index contributed by atoms with van der Waals surface area (Å²) < 4.78 is 0. The number of nitrogens with two attached hydrogens (primary N) is 1. The van der Waals surface area contributed by atoms with Gasteiger partial charge in [0.25, 0.3) is 0 Å². The molecule has 0 fully saturated rings. The van der Waals surface area contributed by atoms with Gasteiger partial charge in [-0.1, -0.05) is 13.8 Å². The van der Waals surface area contributed by atoms with E-state index in [4.69, 9.17) is 11.1 Å². The first-order chi connectivity index (χ1) is 9.42. The Bertz CT molecular complexity index is 473. The average Bonchev–Trinajstić information content (AvgIpc) is 2.42. The van der Waals surface area contributed by atoms with Gasteiger partial charge in [0.15, 0.2) is 5.82 Å². The van der Waals surface area contributed by atoms with Crippen molar-refractivity contribution in [1.29, 1.82) is 5.41 Å². The summed E-state index contributed by atoms with van der Waals surface area (Å²) in [5, 5.41) is 25.7. The molecule has 1 rings (SSSR count). The highest BCUT2D eigenvalue weighted by atomic mass is 16.3. The molecule has 6 heteroatoms. The smallest absolute Gasteiger partial charge is 0.162 e. The Kier molecular flexibility index (Phi) is 5.88. The van der Waals surface area contributed by atoms with Gasteiger partial charge in [-0.25, -0.2) is 0 Å². The number of anilines is 1. The van der Waals surface area contributed by atoms with Crippen LogP contribution in [0.2, 0.25) is 0 Å². The molecule has 6 nitrogen and oxygen atoms in total. The fraction of sp³-hybridized carbons (Fsp3) is 0.643. The highest BCUT2D eigenvalue weighted by Gasteiger charge is 2.19. The molecule has 0 aliphatic rings. The van der Waals surface area contributed by atoms with E-state index in [9.17, 15) is 5.11 Å². The molecule has 0 amide bonds. The van der Waals surface area contributed by atoms with Crippen molar-refractivity contribution in [2.45, 2.75) is 46.1 Å². The van der Waals surface area contributed by atoms with Crippen molar-refractivity contribution >= 4 is 11.7 Å². The minimum atomic E-state index is -0.369. The van der Waals surface area contributed by atoms with Crippen molar-refractivity contribution in [1.82, 2.24) is 10.2 Å². The third-order valence-electron chi connectivity index (χ3n) is 3.34. The van der Waals surface area contributed by atoms with E-state index in [-0.39, 0.29) is 11.9 Å². The molecule has 4 N–H and O–H groups in total. The number of amidine groups is 1. The molecule has 0 aromatic carbocycles. The third-order valence-corrected chi connectivity index (χ3v) is 3.34. The number of hydrogen-bond donors (Lipinski definition) is 3. The largest absolute Gasteiger partial charge is 0.393 e. The summed E-state index contributed by atoms with van der Waals surface area (Å²) in [4.78, 5) is 1.90. The van der Waals surface area contributed by atoms with Crippen molar-refractivity contribution in [3.8, 4) is 0 Å². The van der Waals surface area contributed by atoms with Crippen LogP contribution in [0, 0.1) is 5.41 Å². The third kappa shape index (κ3) is 3.66. The molecule has 0 aliphatic carbocycles. The Morgan fingerprint density at radius 3 is 2.45 bits per heavy atom. The van der Waals surface area contributed by atoms with Crippen LogP contribution in [-0.2, 0) is 12.8 Å². The van der Waals surface area contributed by atoms with Gasteiger partial charge in [0.2, 0.25) is 0 Å². The predicted octanol–water partition coefficient (Wildman–Crippen LogP) is 1.09. The van der Waals surface area contributed by atoms with E-state index in [1.54, 1.807) is 6.92 Å². The fourth-order valence-electron chi connectivity index (χ4n) is 2.20. The van der Waals surface area contributed by atoms with Crippen LogP contribution in [0.3, 0.4) is 0 Å². The molecular weight excluding hydrogens is 254 g/mol. The van der Waals surface area contributed by atoms with E-state index in [0.29, 0.717) is 24.3 Å². The van der Waals surface area contributed by atoms with E-state index in [1.165, 1.54) is 0 Å². The highest BCUT2D eigenvalue weighted by Crippen LogP contribution is 2.23. The molecule has 1 aromatic rings. The van der Waals surface area contributed by atoms with Crippen molar-refractivity contribution in [3.05, 3.63) is 16.8 Å². The van der Waals surface area contributed by atoms with Crippen molar-refractivity contribution in [2.24, 2.45) is 5.73 Å². The maximum atomic E-state index is 9.38. The molecule has 0 radical (unpaired) electrons. The molecule has 112 valence electrons. The van der Waals surface area contributed by atoms with Crippen LogP contribution < -0.4 is 10.6 Å². The summed E-state index contributed by atoms with van der Waals surface area (Å²) in [6, 6.07) is 0. The van der Waals surface area contributed by atoms with E-state index in [2.05, 4.69) is 10.2 Å². The first kappa shape index (κ1) is 16.4. The topological polar surface area (TPSA) is 99.1 Å². The molecule has 1 atom stereocenters. The lowest BCUT2D eigenvalue weighted by Gasteiger charge is -2.23. The van der Waals surface area contributed by atoms with Crippen LogP contribution in [0.1, 0.15) is 44.0 Å². The second-order valence-electron chi connectivity index (χ2n) is 5.00. The predicted molar refractivity (Wildman–Crippen MR) is 81.4 cm³/mol. The van der Waals surface area contributed by atoms with E-state index in [0.717, 1.165) is 24.1 Å². The van der Waals surface area contributed by atoms with Crippen molar-refractivity contribution in [2.75, 3.05) is 18.5 Å². The van der Waals surface area contributed by atoms with Gasteiger partial charge in [0, 0.05) is 13.6 Å². The summed E-state index contributed by atoms with van der Waals surface area (Å²) >= 11 is 0. The maximum Gasteiger partial charge on any atom is 0.162 e. The minimum Gasteiger partial charge on any atom is -0.393 e. The van der Waals surface area contributed by atoms with Crippen LogP contribution >= 0.6 is 0 Å². The zero-order chi connectivity index (χ0) is 15.3. The number of rotatable bonds is 7. The molecule has 1 aromatic heterocycles. The van der Waals surface area contributed by atoms with Gasteiger partial charge in [0.1, 0.15) is 5.84 Å². The molecular formula is C14H25N5O. The van der Waals surface area contributed by atoms with Gasteiger partial charge in [-0.05, 0) is 31.7 Å². The SMILES string of the molecule is CCc1nnc(N(C)CCC(C)O)c(C(=N)N)c1CC. The Morgan fingerprint density at radius 1 is 1.35 bits per heavy atom. The number of aliphatic hydroxyl groups excluding tert-OH is 1. The lowest BCUT2D eigenvalue weighted by Crippen LogP contribution is -2.28. The summed E-state index contributed by atoms with van der Waals surface area (Å²) in [6.45, 7) is 6.44. The molecule has 20 heavy (non-hydrogen) atoms. The standard InChI is InChI=1S/C14H25N5O/c1-5-10-11(6-2)17-18-14(12(10)13(15)16)19(4)8-7-9(3)20/h9,20H,5-8H2,1-4H3,(H3,15,16). The van der Waals surface area contributed by atoms with Crippen LogP contribution in [0.25, 0.3) is 0 Å². The van der Waals surface area contributed by atoms with E-state index >= 15 is 0 Å². The monoisotopic (exact) mass is 279 g/mol. The van der Waals surface area contributed by atoms with Gasteiger partial charge in [0.05, 0.1) is 17.4 Å². The number of aromatic nitrogens is 2. The Hall–Kier alpha value is -1.69. The van der Waals surface area contributed by atoms with Gasteiger partial charge < -0.3 is 15.7 Å².